The molecule has 3 rings (SSSR count). The second-order valence-corrected chi connectivity index (χ2v) is 5.02. The lowest BCUT2D eigenvalue weighted by molar-refractivity contribution is 0.0982. The molecule has 1 amide bonds. The number of carbonyl (C=O) groups is 1. The van der Waals surface area contributed by atoms with Crippen LogP contribution in [0.15, 0.2) is 30.5 Å². The van der Waals surface area contributed by atoms with E-state index in [1.54, 1.807) is 15.8 Å². The minimum Gasteiger partial charge on any atom is -0.371 e. The predicted molar refractivity (Wildman–Crippen MR) is 80.5 cm³/mol. The molecule has 1 aromatic heterocycles. The fraction of sp³-hybridized carbons (Fsp3) is 0.357. The van der Waals surface area contributed by atoms with E-state index in [9.17, 15) is 4.79 Å². The summed E-state index contributed by atoms with van der Waals surface area (Å²) in [5, 5.41) is 7.88. The largest absolute Gasteiger partial charge is 0.371 e. The van der Waals surface area contributed by atoms with Crippen molar-refractivity contribution in [1.82, 2.24) is 15.0 Å². The maximum Gasteiger partial charge on any atom is 0.280 e. The number of hydrogen-bond acceptors (Lipinski definition) is 5. The molecule has 0 unspecified atom stereocenters. The zero-order valence-electron chi connectivity index (χ0n) is 11.9. The first-order chi connectivity index (χ1) is 10.2. The van der Waals surface area contributed by atoms with Gasteiger partial charge in [-0.3, -0.25) is 9.48 Å². The van der Waals surface area contributed by atoms with Gasteiger partial charge in [-0.25, -0.2) is 0 Å². The van der Waals surface area contributed by atoms with Crippen LogP contribution < -0.4 is 15.5 Å². The highest BCUT2D eigenvalue weighted by molar-refractivity contribution is 6.07. The fourth-order valence-electron chi connectivity index (χ4n) is 2.49. The number of rotatable bonds is 3. The molecule has 110 valence electrons. The van der Waals surface area contributed by atoms with Crippen molar-refractivity contribution < 1.29 is 4.79 Å². The number of likely N-dealkylation sites (N-methyl/N-ethyl adjacent to an activating group) is 1. The predicted octanol–water partition coefficient (Wildman–Crippen LogP) is 0.333. The Labute approximate surface area is 122 Å². The third kappa shape index (κ3) is 2.47. The third-order valence-corrected chi connectivity index (χ3v) is 3.60. The van der Waals surface area contributed by atoms with Crippen molar-refractivity contribution in [2.24, 2.45) is 5.73 Å². The molecule has 0 saturated heterocycles. The number of carbonyl (C=O) groups excluding carboxylic acids is 1. The summed E-state index contributed by atoms with van der Waals surface area (Å²) in [4.78, 5) is 16.5. The molecular weight excluding hydrogens is 268 g/mol. The van der Waals surface area contributed by atoms with Gasteiger partial charge in [-0.05, 0) is 12.1 Å². The molecule has 7 nitrogen and oxygen atoms in total. The van der Waals surface area contributed by atoms with Gasteiger partial charge in [-0.15, -0.1) is 5.10 Å². The van der Waals surface area contributed by atoms with Crippen LogP contribution in [0.2, 0.25) is 0 Å². The van der Waals surface area contributed by atoms with Crippen LogP contribution in [0.5, 0.6) is 0 Å². The summed E-state index contributed by atoms with van der Waals surface area (Å²) in [6.45, 7) is 2.45. The Morgan fingerprint density at radius 1 is 1.29 bits per heavy atom. The van der Waals surface area contributed by atoms with Crippen LogP contribution in [-0.4, -0.2) is 47.6 Å². The molecule has 0 spiro atoms. The Bertz CT molecular complexity index is 652. The van der Waals surface area contributed by atoms with Gasteiger partial charge in [0.05, 0.1) is 24.1 Å². The Morgan fingerprint density at radius 2 is 2.05 bits per heavy atom. The van der Waals surface area contributed by atoms with Crippen LogP contribution in [0.1, 0.15) is 10.5 Å². The summed E-state index contributed by atoms with van der Waals surface area (Å²) in [5.74, 6) is -0.126. The molecule has 2 aromatic rings. The average molecular weight is 286 g/mol. The highest BCUT2D eigenvalue weighted by atomic mass is 16.2. The molecule has 0 bridgehead atoms. The standard InChI is InChI=1S/C14H18N6O/c1-18-8-9-20(13-5-3-2-4-12(13)18)14(21)11-10-19(7-6-15)17-16-11/h2-5,10H,6-9,15H2,1H3. The van der Waals surface area contributed by atoms with Crippen molar-refractivity contribution in [3.63, 3.8) is 0 Å². The maximum absolute atomic E-state index is 12.6. The topological polar surface area (TPSA) is 80.3 Å². The number of anilines is 2. The zero-order valence-corrected chi connectivity index (χ0v) is 11.9. The van der Waals surface area contributed by atoms with Crippen molar-refractivity contribution in [3.05, 3.63) is 36.2 Å². The summed E-state index contributed by atoms with van der Waals surface area (Å²) < 4.78 is 1.59. The van der Waals surface area contributed by atoms with Crippen LogP contribution in [0.3, 0.4) is 0 Å². The molecule has 1 aromatic carbocycles. The number of fused-ring (bicyclic) bond motifs is 1. The van der Waals surface area contributed by atoms with Gasteiger partial charge in [0.25, 0.3) is 5.91 Å². The van der Waals surface area contributed by atoms with E-state index in [0.717, 1.165) is 17.9 Å². The SMILES string of the molecule is CN1CCN(C(=O)c2cn(CCN)nn2)c2ccccc21. The molecule has 0 fully saturated rings. The van der Waals surface area contributed by atoms with E-state index < -0.39 is 0 Å². The number of nitrogens with zero attached hydrogens (tertiary/aromatic N) is 5. The van der Waals surface area contributed by atoms with Gasteiger partial charge >= 0.3 is 0 Å². The summed E-state index contributed by atoms with van der Waals surface area (Å²) >= 11 is 0. The molecular formula is C14H18N6O. The summed E-state index contributed by atoms with van der Waals surface area (Å²) in [7, 11) is 2.03. The first kappa shape index (κ1) is 13.6. The van der Waals surface area contributed by atoms with Crippen molar-refractivity contribution in [1.29, 1.82) is 0 Å². The Balaban J connectivity index is 1.89. The van der Waals surface area contributed by atoms with E-state index >= 15 is 0 Å². The monoisotopic (exact) mass is 286 g/mol. The van der Waals surface area contributed by atoms with Gasteiger partial charge in [0.15, 0.2) is 5.69 Å². The number of para-hydroxylation sites is 2. The first-order valence-electron chi connectivity index (χ1n) is 6.93. The molecule has 0 radical (unpaired) electrons. The summed E-state index contributed by atoms with van der Waals surface area (Å²) in [6.07, 6.45) is 1.65. The van der Waals surface area contributed by atoms with Crippen LogP contribution >= 0.6 is 0 Å². The van der Waals surface area contributed by atoms with Crippen molar-refractivity contribution in [2.45, 2.75) is 6.54 Å². The van der Waals surface area contributed by atoms with Crippen LogP contribution in [-0.2, 0) is 6.54 Å². The van der Waals surface area contributed by atoms with E-state index in [1.807, 2.05) is 31.3 Å². The Kier molecular flexibility index (Phi) is 3.57. The van der Waals surface area contributed by atoms with Gasteiger partial charge < -0.3 is 15.5 Å². The van der Waals surface area contributed by atoms with Crippen LogP contribution in [0.4, 0.5) is 11.4 Å². The second kappa shape index (κ2) is 5.53. The lowest BCUT2D eigenvalue weighted by Gasteiger charge is -2.35. The Hall–Kier alpha value is -2.41. The smallest absolute Gasteiger partial charge is 0.280 e. The Morgan fingerprint density at radius 3 is 2.81 bits per heavy atom. The summed E-state index contributed by atoms with van der Waals surface area (Å²) in [6, 6.07) is 7.87. The summed E-state index contributed by atoms with van der Waals surface area (Å²) in [5.41, 5.74) is 7.78. The number of aromatic nitrogens is 3. The molecule has 7 heteroatoms. The van der Waals surface area contributed by atoms with Gasteiger partial charge in [0, 0.05) is 26.7 Å². The van der Waals surface area contributed by atoms with Crippen molar-refractivity contribution in [3.8, 4) is 0 Å². The molecule has 2 heterocycles. The molecule has 2 N–H and O–H groups in total. The van der Waals surface area contributed by atoms with Crippen LogP contribution in [0.25, 0.3) is 0 Å². The van der Waals surface area contributed by atoms with Gasteiger partial charge in [-0.2, -0.15) is 0 Å². The lowest BCUT2D eigenvalue weighted by Crippen LogP contribution is -2.42. The normalized spacial score (nSPS) is 14.2. The number of hydrogen-bond donors (Lipinski definition) is 1. The van der Waals surface area contributed by atoms with Crippen LogP contribution in [0, 0.1) is 0 Å². The van der Waals surface area contributed by atoms with E-state index in [-0.39, 0.29) is 5.91 Å². The van der Waals surface area contributed by atoms with E-state index in [0.29, 0.717) is 25.3 Å². The second-order valence-electron chi connectivity index (χ2n) is 5.02. The fourth-order valence-corrected chi connectivity index (χ4v) is 2.49. The molecule has 1 aliphatic heterocycles. The van der Waals surface area contributed by atoms with Gasteiger partial charge in [-0.1, -0.05) is 17.3 Å². The van der Waals surface area contributed by atoms with E-state index in [1.165, 1.54) is 0 Å². The third-order valence-electron chi connectivity index (χ3n) is 3.60. The van der Waals surface area contributed by atoms with Gasteiger partial charge in [0.1, 0.15) is 0 Å². The number of amides is 1. The zero-order chi connectivity index (χ0) is 14.8. The maximum atomic E-state index is 12.6. The van der Waals surface area contributed by atoms with E-state index in [4.69, 9.17) is 5.73 Å². The minimum absolute atomic E-state index is 0.126. The molecule has 1 aliphatic rings. The number of benzene rings is 1. The van der Waals surface area contributed by atoms with Crippen molar-refractivity contribution >= 4 is 17.3 Å². The van der Waals surface area contributed by atoms with Gasteiger partial charge in [0.2, 0.25) is 0 Å². The molecule has 0 aliphatic carbocycles. The molecule has 0 saturated carbocycles. The first-order valence-corrected chi connectivity index (χ1v) is 6.93. The van der Waals surface area contributed by atoms with E-state index in [2.05, 4.69) is 15.2 Å². The van der Waals surface area contributed by atoms with Crippen molar-refractivity contribution in [2.75, 3.05) is 36.5 Å². The minimum atomic E-state index is -0.126. The molecule has 21 heavy (non-hydrogen) atoms. The highest BCUT2D eigenvalue weighted by Gasteiger charge is 2.27. The average Bonchev–Trinajstić information content (AvgIpc) is 2.96. The quantitative estimate of drug-likeness (QED) is 0.879. The molecule has 0 atom stereocenters. The lowest BCUT2D eigenvalue weighted by atomic mass is 10.1. The number of nitrogens with two attached hydrogens (primary N) is 1. The highest BCUT2D eigenvalue weighted by Crippen LogP contribution is 2.32.